The van der Waals surface area contributed by atoms with Crippen molar-refractivity contribution in [3.05, 3.63) is 34.3 Å². The molecule has 0 spiro atoms. The number of carbonyl (C=O) groups excluding carboxylic acids is 1. The molecule has 0 aliphatic heterocycles. The van der Waals surface area contributed by atoms with Crippen LogP contribution in [0.4, 0.5) is 0 Å². The maximum Gasteiger partial charge on any atom is 0.253 e. The first kappa shape index (κ1) is 16.0. The lowest BCUT2D eigenvalue weighted by Gasteiger charge is -2.30. The van der Waals surface area contributed by atoms with Crippen LogP contribution in [0.25, 0.3) is 0 Å². The molecule has 0 aliphatic rings. The third kappa shape index (κ3) is 3.93. The van der Waals surface area contributed by atoms with Crippen molar-refractivity contribution < 1.29 is 15.0 Å². The van der Waals surface area contributed by atoms with Crippen LogP contribution in [0.2, 0.25) is 5.02 Å². The van der Waals surface area contributed by atoms with E-state index in [-0.39, 0.29) is 25.7 Å². The van der Waals surface area contributed by atoms with Gasteiger partial charge in [-0.25, -0.2) is 0 Å². The number of aryl methyl sites for hydroxylation is 1. The number of benzene rings is 1. The zero-order valence-corrected chi connectivity index (χ0v) is 12.2. The van der Waals surface area contributed by atoms with Crippen molar-refractivity contribution in [3.63, 3.8) is 0 Å². The topological polar surface area (TPSA) is 60.8 Å². The number of aliphatic hydroxyl groups excluding tert-OH is 2. The number of aliphatic hydroxyl groups is 2. The lowest BCUT2D eigenvalue weighted by molar-refractivity contribution is 0.0366. The third-order valence-electron chi connectivity index (χ3n) is 3.15. The largest absolute Gasteiger partial charge is 0.396 e. The molecule has 2 N–H and O–H groups in total. The molecule has 0 radical (unpaired) electrons. The van der Waals surface area contributed by atoms with Crippen molar-refractivity contribution in [2.45, 2.75) is 13.8 Å². The Balaban J connectivity index is 2.88. The van der Waals surface area contributed by atoms with Gasteiger partial charge < -0.3 is 15.1 Å². The van der Waals surface area contributed by atoms with Crippen molar-refractivity contribution in [2.75, 3.05) is 26.8 Å². The summed E-state index contributed by atoms with van der Waals surface area (Å²) in [4.78, 5) is 13.8. The zero-order chi connectivity index (χ0) is 14.6. The van der Waals surface area contributed by atoms with Gasteiger partial charge in [0.15, 0.2) is 0 Å². The highest BCUT2D eigenvalue weighted by atomic mass is 35.5. The van der Waals surface area contributed by atoms with Gasteiger partial charge >= 0.3 is 0 Å². The molecular weight excluding hydrogens is 266 g/mol. The predicted molar refractivity (Wildman–Crippen MR) is 75.4 cm³/mol. The van der Waals surface area contributed by atoms with E-state index in [1.807, 2.05) is 6.92 Å². The molecule has 0 unspecified atom stereocenters. The highest BCUT2D eigenvalue weighted by Crippen LogP contribution is 2.20. The van der Waals surface area contributed by atoms with Crippen molar-refractivity contribution in [1.29, 1.82) is 0 Å². The van der Waals surface area contributed by atoms with E-state index in [2.05, 4.69) is 0 Å². The molecule has 0 saturated carbocycles. The summed E-state index contributed by atoms with van der Waals surface area (Å²) in [6.45, 7) is 3.47. The SMILES string of the molecule is Cc1cc(Cl)ccc1C(=O)N(C)CC(C)(CO)CO. The molecule has 19 heavy (non-hydrogen) atoms. The van der Waals surface area contributed by atoms with Crippen LogP contribution in [0.1, 0.15) is 22.8 Å². The maximum absolute atomic E-state index is 12.3. The molecule has 4 nitrogen and oxygen atoms in total. The molecule has 1 aromatic carbocycles. The quantitative estimate of drug-likeness (QED) is 0.866. The number of nitrogens with zero attached hydrogens (tertiary/aromatic N) is 1. The number of amides is 1. The van der Waals surface area contributed by atoms with Gasteiger partial charge in [0.05, 0.1) is 13.2 Å². The molecule has 1 aromatic rings. The fraction of sp³-hybridized carbons (Fsp3) is 0.500. The second kappa shape index (κ2) is 6.37. The molecule has 0 fully saturated rings. The fourth-order valence-electron chi connectivity index (χ4n) is 1.87. The van der Waals surface area contributed by atoms with E-state index in [1.165, 1.54) is 4.90 Å². The molecule has 106 valence electrons. The Morgan fingerprint density at radius 1 is 1.37 bits per heavy atom. The molecular formula is C14H20ClNO3. The summed E-state index contributed by atoms with van der Waals surface area (Å²) < 4.78 is 0. The van der Waals surface area contributed by atoms with Gasteiger partial charge in [-0.3, -0.25) is 4.79 Å². The fourth-order valence-corrected chi connectivity index (χ4v) is 2.09. The van der Waals surface area contributed by atoms with Crippen molar-refractivity contribution >= 4 is 17.5 Å². The summed E-state index contributed by atoms with van der Waals surface area (Å²) in [6.07, 6.45) is 0. The molecule has 0 bridgehead atoms. The predicted octanol–water partition coefficient (Wildman–Crippen LogP) is 1.71. The smallest absolute Gasteiger partial charge is 0.253 e. The van der Waals surface area contributed by atoms with E-state index < -0.39 is 5.41 Å². The normalized spacial score (nSPS) is 11.5. The Morgan fingerprint density at radius 3 is 2.42 bits per heavy atom. The van der Waals surface area contributed by atoms with E-state index in [1.54, 1.807) is 32.2 Å². The molecule has 0 aromatic heterocycles. The molecule has 1 rings (SSSR count). The standard InChI is InChI=1S/C14H20ClNO3/c1-10-6-11(15)4-5-12(10)13(19)16(3)7-14(2,8-17)9-18/h4-6,17-18H,7-9H2,1-3H3. The minimum Gasteiger partial charge on any atom is -0.396 e. The van der Waals surface area contributed by atoms with Crippen LogP contribution in [0, 0.1) is 12.3 Å². The highest BCUT2D eigenvalue weighted by Gasteiger charge is 2.27. The summed E-state index contributed by atoms with van der Waals surface area (Å²) in [7, 11) is 1.65. The average molecular weight is 286 g/mol. The lowest BCUT2D eigenvalue weighted by atomic mass is 9.92. The summed E-state index contributed by atoms with van der Waals surface area (Å²) >= 11 is 5.86. The Hall–Kier alpha value is -1.10. The van der Waals surface area contributed by atoms with Crippen LogP contribution in [0.15, 0.2) is 18.2 Å². The Morgan fingerprint density at radius 2 is 1.95 bits per heavy atom. The summed E-state index contributed by atoms with van der Waals surface area (Å²) in [6, 6.07) is 5.10. The molecule has 0 saturated heterocycles. The third-order valence-corrected chi connectivity index (χ3v) is 3.38. The Kier molecular flexibility index (Phi) is 5.35. The Labute approximate surface area is 118 Å². The van der Waals surface area contributed by atoms with Crippen molar-refractivity contribution in [2.24, 2.45) is 5.41 Å². The first-order valence-corrected chi connectivity index (χ1v) is 6.44. The van der Waals surface area contributed by atoms with Gasteiger partial charge in [0.25, 0.3) is 5.91 Å². The van der Waals surface area contributed by atoms with Gasteiger partial charge in [-0.1, -0.05) is 18.5 Å². The minimum absolute atomic E-state index is 0.151. The highest BCUT2D eigenvalue weighted by molar-refractivity contribution is 6.30. The van der Waals surface area contributed by atoms with Crippen molar-refractivity contribution in [1.82, 2.24) is 4.90 Å². The van der Waals surface area contributed by atoms with Crippen molar-refractivity contribution in [3.8, 4) is 0 Å². The van der Waals surface area contributed by atoms with Crippen LogP contribution in [0.5, 0.6) is 0 Å². The van der Waals surface area contributed by atoms with Crippen LogP contribution < -0.4 is 0 Å². The number of carbonyl (C=O) groups is 1. The van der Waals surface area contributed by atoms with Crippen LogP contribution >= 0.6 is 11.6 Å². The molecule has 0 atom stereocenters. The second-order valence-corrected chi connectivity index (χ2v) is 5.68. The van der Waals surface area contributed by atoms with Gasteiger partial charge in [-0.2, -0.15) is 0 Å². The molecule has 1 amide bonds. The van der Waals surface area contributed by atoms with Crippen LogP contribution in [-0.4, -0.2) is 47.8 Å². The first-order valence-electron chi connectivity index (χ1n) is 6.06. The first-order chi connectivity index (χ1) is 8.83. The van der Waals surface area contributed by atoms with Gasteiger partial charge in [0, 0.05) is 29.6 Å². The monoisotopic (exact) mass is 285 g/mol. The summed E-state index contributed by atoms with van der Waals surface area (Å²) in [5, 5.41) is 19.1. The van der Waals surface area contributed by atoms with Gasteiger partial charge in [0.2, 0.25) is 0 Å². The van der Waals surface area contributed by atoms with Gasteiger partial charge in [-0.15, -0.1) is 0 Å². The van der Waals surface area contributed by atoms with Crippen LogP contribution in [-0.2, 0) is 0 Å². The average Bonchev–Trinajstić information content (AvgIpc) is 2.37. The molecule has 0 aliphatic carbocycles. The Bertz CT molecular complexity index is 458. The van der Waals surface area contributed by atoms with E-state index in [9.17, 15) is 15.0 Å². The van der Waals surface area contributed by atoms with E-state index in [4.69, 9.17) is 11.6 Å². The maximum atomic E-state index is 12.3. The van der Waals surface area contributed by atoms with Gasteiger partial charge in [-0.05, 0) is 30.7 Å². The second-order valence-electron chi connectivity index (χ2n) is 5.25. The molecule has 5 heteroatoms. The van der Waals surface area contributed by atoms with Crippen LogP contribution in [0.3, 0.4) is 0 Å². The zero-order valence-electron chi connectivity index (χ0n) is 11.5. The minimum atomic E-state index is -0.704. The molecule has 0 heterocycles. The number of hydrogen-bond acceptors (Lipinski definition) is 3. The lowest BCUT2D eigenvalue weighted by Crippen LogP contribution is -2.41. The number of rotatable bonds is 5. The van der Waals surface area contributed by atoms with E-state index in [0.717, 1.165) is 5.56 Å². The number of hydrogen-bond donors (Lipinski definition) is 2. The van der Waals surface area contributed by atoms with E-state index >= 15 is 0 Å². The van der Waals surface area contributed by atoms with Gasteiger partial charge in [0.1, 0.15) is 0 Å². The summed E-state index contributed by atoms with van der Waals surface area (Å²) in [5.41, 5.74) is 0.675. The number of halogens is 1. The summed E-state index contributed by atoms with van der Waals surface area (Å²) in [5.74, 6) is -0.151. The van der Waals surface area contributed by atoms with E-state index in [0.29, 0.717) is 10.6 Å².